The van der Waals surface area contributed by atoms with Gasteiger partial charge in [-0.15, -0.1) is 7.77 Å². The first-order chi connectivity index (χ1) is 3.83. The molecule has 52 valence electrons. The highest BCUT2D eigenvalue weighted by atomic mass is 32.2. The molecule has 0 aromatic rings. The van der Waals surface area contributed by atoms with Crippen molar-refractivity contribution in [2.45, 2.75) is 13.8 Å². The van der Waals surface area contributed by atoms with E-state index >= 15 is 0 Å². The second-order valence-corrected chi connectivity index (χ2v) is 1.28. The Morgan fingerprint density at radius 1 is 1.25 bits per heavy atom. The largest absolute Gasteiger partial charge is 0.347 e. The Morgan fingerprint density at radius 3 is 1.50 bits per heavy atom. The maximum absolute atomic E-state index is 9.54. The lowest BCUT2D eigenvalue weighted by Gasteiger charge is -1.83. The standard InChI is InChI=1S/C4H11N.F2S/c1-3-5-4-2;1-3-2/h5H,3-4H2,1-2H3;/p+1. The zero-order valence-corrected chi connectivity index (χ0v) is 5.97. The average Bonchev–Trinajstić information content (AvgIpc) is 1.71. The van der Waals surface area contributed by atoms with Gasteiger partial charge in [0.15, 0.2) is 0 Å². The summed E-state index contributed by atoms with van der Waals surface area (Å²) < 4.78 is 19.1. The zero-order valence-electron chi connectivity index (χ0n) is 5.16. The molecule has 0 unspecified atom stereocenters. The van der Waals surface area contributed by atoms with Crippen LogP contribution in [0.1, 0.15) is 13.8 Å². The molecule has 0 aliphatic heterocycles. The zero-order chi connectivity index (χ0) is 6.83. The molecule has 0 saturated carbocycles. The van der Waals surface area contributed by atoms with Crippen molar-refractivity contribution >= 4 is 12.5 Å². The summed E-state index contributed by atoms with van der Waals surface area (Å²) in [6, 6.07) is 0. The van der Waals surface area contributed by atoms with Crippen molar-refractivity contribution in [2.24, 2.45) is 0 Å². The van der Waals surface area contributed by atoms with Gasteiger partial charge in [-0.1, -0.05) is 0 Å². The van der Waals surface area contributed by atoms with Crippen molar-refractivity contribution in [1.29, 1.82) is 0 Å². The molecular formula is C4H12F2NS+. The normalized spacial score (nSPS) is 7.50. The van der Waals surface area contributed by atoms with Crippen molar-refractivity contribution in [3.05, 3.63) is 0 Å². The van der Waals surface area contributed by atoms with Crippen LogP contribution in [0, 0.1) is 0 Å². The van der Waals surface area contributed by atoms with E-state index in [1.54, 1.807) is 0 Å². The molecule has 0 heterocycles. The average molecular weight is 144 g/mol. The number of rotatable bonds is 2. The van der Waals surface area contributed by atoms with Gasteiger partial charge in [-0.3, -0.25) is 0 Å². The number of hydrogen-bond donors (Lipinski definition) is 1. The number of quaternary nitrogens is 1. The predicted molar refractivity (Wildman–Crippen MR) is 32.8 cm³/mol. The second-order valence-electron chi connectivity index (χ2n) is 1.16. The van der Waals surface area contributed by atoms with Gasteiger partial charge in [-0.2, -0.15) is 0 Å². The van der Waals surface area contributed by atoms with Crippen LogP contribution in [0.2, 0.25) is 0 Å². The fourth-order valence-corrected chi connectivity index (χ4v) is 0.289. The topological polar surface area (TPSA) is 16.6 Å². The van der Waals surface area contributed by atoms with Crippen LogP contribution in [0.25, 0.3) is 0 Å². The molecule has 0 aliphatic carbocycles. The molecule has 0 radical (unpaired) electrons. The molecule has 0 aromatic carbocycles. The Balaban J connectivity index is 0. The van der Waals surface area contributed by atoms with E-state index in [-0.39, 0.29) is 0 Å². The van der Waals surface area contributed by atoms with Gasteiger partial charge in [0.05, 0.1) is 13.1 Å². The Bertz CT molecular complexity index is 28.0. The molecule has 8 heavy (non-hydrogen) atoms. The highest BCUT2D eigenvalue weighted by Gasteiger charge is 1.67. The van der Waals surface area contributed by atoms with Crippen molar-refractivity contribution in [2.75, 3.05) is 13.1 Å². The van der Waals surface area contributed by atoms with Crippen molar-refractivity contribution in [1.82, 2.24) is 0 Å². The summed E-state index contributed by atoms with van der Waals surface area (Å²) in [4.78, 5) is 0. The van der Waals surface area contributed by atoms with Gasteiger partial charge in [0.25, 0.3) is 12.5 Å². The molecule has 4 heteroatoms. The van der Waals surface area contributed by atoms with Crippen LogP contribution < -0.4 is 5.32 Å². The van der Waals surface area contributed by atoms with Crippen LogP contribution in [-0.2, 0) is 0 Å². The molecule has 2 N–H and O–H groups in total. The minimum absolute atomic E-state index is 1.22. The lowest BCUT2D eigenvalue weighted by molar-refractivity contribution is -0.648. The molecule has 0 amide bonds. The monoisotopic (exact) mass is 144 g/mol. The van der Waals surface area contributed by atoms with E-state index in [9.17, 15) is 7.77 Å². The molecule has 0 bridgehead atoms. The van der Waals surface area contributed by atoms with Crippen LogP contribution >= 0.6 is 12.5 Å². The summed E-state index contributed by atoms with van der Waals surface area (Å²) in [6.07, 6.45) is 0. The molecular weight excluding hydrogens is 132 g/mol. The summed E-state index contributed by atoms with van der Waals surface area (Å²) in [7, 11) is 0. The highest BCUT2D eigenvalue weighted by molar-refractivity contribution is 7.89. The van der Waals surface area contributed by atoms with Gasteiger partial charge >= 0.3 is 0 Å². The molecule has 0 spiro atoms. The lowest BCUT2D eigenvalue weighted by atomic mass is 10.7. The summed E-state index contributed by atoms with van der Waals surface area (Å²) in [5.74, 6) is 0. The Labute approximate surface area is 53.4 Å². The van der Waals surface area contributed by atoms with Gasteiger partial charge in [0.1, 0.15) is 0 Å². The molecule has 0 atom stereocenters. The SMILES string of the molecule is CC[NH2+]CC.FSF. The van der Waals surface area contributed by atoms with E-state index in [4.69, 9.17) is 0 Å². The van der Waals surface area contributed by atoms with Gasteiger partial charge in [-0.25, -0.2) is 0 Å². The maximum atomic E-state index is 9.54. The third-order valence-corrected chi connectivity index (χ3v) is 0.577. The third-order valence-electron chi connectivity index (χ3n) is 0.577. The van der Waals surface area contributed by atoms with E-state index in [1.165, 1.54) is 13.1 Å². The first-order valence-electron chi connectivity index (χ1n) is 2.54. The second kappa shape index (κ2) is 15.7. The van der Waals surface area contributed by atoms with Crippen LogP contribution in [0.4, 0.5) is 7.77 Å². The van der Waals surface area contributed by atoms with E-state index in [0.717, 1.165) is 0 Å². The minimum Gasteiger partial charge on any atom is -0.347 e. The quantitative estimate of drug-likeness (QED) is 0.613. The van der Waals surface area contributed by atoms with Crippen molar-refractivity contribution in [3.63, 3.8) is 0 Å². The highest BCUT2D eigenvalue weighted by Crippen LogP contribution is 1.95. The van der Waals surface area contributed by atoms with Gasteiger partial charge in [0.2, 0.25) is 0 Å². The summed E-state index contributed by atoms with van der Waals surface area (Å²) in [5, 5.41) is 2.25. The summed E-state index contributed by atoms with van der Waals surface area (Å²) in [6.45, 7) is 6.75. The molecule has 0 aliphatic rings. The smallest absolute Gasteiger partial charge is 0.255 e. The minimum atomic E-state index is -1.25. The van der Waals surface area contributed by atoms with Gasteiger partial charge in [-0.05, 0) is 13.8 Å². The van der Waals surface area contributed by atoms with E-state index in [0.29, 0.717) is 0 Å². The lowest BCUT2D eigenvalue weighted by Crippen LogP contribution is -2.82. The van der Waals surface area contributed by atoms with Gasteiger partial charge < -0.3 is 5.32 Å². The molecule has 0 saturated heterocycles. The summed E-state index contributed by atoms with van der Waals surface area (Å²) in [5.41, 5.74) is 0. The third kappa shape index (κ3) is 35.0. The molecule has 0 fully saturated rings. The number of nitrogens with two attached hydrogens (primary N) is 1. The molecule has 0 aromatic heterocycles. The molecule has 0 rings (SSSR count). The van der Waals surface area contributed by atoms with Crippen LogP contribution in [0.3, 0.4) is 0 Å². The summed E-state index contributed by atoms with van der Waals surface area (Å²) >= 11 is -1.25. The van der Waals surface area contributed by atoms with Crippen LogP contribution in [-0.4, -0.2) is 13.1 Å². The van der Waals surface area contributed by atoms with Crippen molar-refractivity contribution < 1.29 is 13.1 Å². The Hall–Kier alpha value is 0.170. The Kier molecular flexibility index (Phi) is 21.6. The molecule has 1 nitrogen and oxygen atoms in total. The van der Waals surface area contributed by atoms with Crippen LogP contribution in [0.15, 0.2) is 0 Å². The maximum Gasteiger partial charge on any atom is 0.255 e. The van der Waals surface area contributed by atoms with Crippen molar-refractivity contribution in [3.8, 4) is 0 Å². The number of halogens is 2. The van der Waals surface area contributed by atoms with E-state index in [2.05, 4.69) is 19.2 Å². The number of hydrogen-bond acceptors (Lipinski definition) is 1. The first kappa shape index (κ1) is 11.0. The van der Waals surface area contributed by atoms with Gasteiger partial charge in [0, 0.05) is 0 Å². The fourth-order valence-electron chi connectivity index (χ4n) is 0.289. The Morgan fingerprint density at radius 2 is 1.50 bits per heavy atom. The van der Waals surface area contributed by atoms with Crippen LogP contribution in [0.5, 0.6) is 0 Å². The van der Waals surface area contributed by atoms with E-state index in [1.807, 2.05) is 0 Å². The predicted octanol–water partition coefficient (Wildman–Crippen LogP) is 1.08. The van der Waals surface area contributed by atoms with E-state index < -0.39 is 12.5 Å². The fraction of sp³-hybridized carbons (Fsp3) is 1.00. The first-order valence-corrected chi connectivity index (χ1v) is 3.16.